The van der Waals surface area contributed by atoms with Gasteiger partial charge in [0.25, 0.3) is 11.5 Å². The number of pyridine rings is 1. The molecule has 0 N–H and O–H groups in total. The Balaban J connectivity index is 1.44. The molecule has 31 heavy (non-hydrogen) atoms. The van der Waals surface area contributed by atoms with Crippen molar-refractivity contribution in [2.75, 3.05) is 32.1 Å². The lowest BCUT2D eigenvalue weighted by atomic mass is 9.82. The third-order valence-electron chi connectivity index (χ3n) is 6.37. The number of rotatable bonds is 3. The first-order valence-corrected chi connectivity index (χ1v) is 10.6. The number of carbonyl (C=O) groups excluding carboxylic acids is 1. The molecule has 1 saturated heterocycles. The molecular formula is C24H25N5O2. The maximum atomic E-state index is 13.4. The first kappa shape index (κ1) is 19.5. The Bertz CT molecular complexity index is 1170. The summed E-state index contributed by atoms with van der Waals surface area (Å²) in [5.74, 6) is 0.332. The van der Waals surface area contributed by atoms with Crippen LogP contribution in [0.3, 0.4) is 0 Å². The second-order valence-corrected chi connectivity index (χ2v) is 8.63. The second kappa shape index (κ2) is 7.65. The highest BCUT2D eigenvalue weighted by atomic mass is 16.2. The van der Waals surface area contributed by atoms with Gasteiger partial charge in [-0.05, 0) is 42.2 Å². The minimum Gasteiger partial charge on any atom is -0.378 e. The molecule has 2 atom stereocenters. The van der Waals surface area contributed by atoms with E-state index in [1.54, 1.807) is 12.4 Å². The molecule has 0 unspecified atom stereocenters. The monoisotopic (exact) mass is 415 g/mol. The molecule has 0 spiro atoms. The third kappa shape index (κ3) is 3.50. The summed E-state index contributed by atoms with van der Waals surface area (Å²) in [7, 11) is 4.00. The quantitative estimate of drug-likeness (QED) is 0.658. The number of likely N-dealkylation sites (tertiary alicyclic amines) is 1. The van der Waals surface area contributed by atoms with Gasteiger partial charge in [-0.25, -0.2) is 4.98 Å². The lowest BCUT2D eigenvalue weighted by molar-refractivity contribution is 0.0588. The summed E-state index contributed by atoms with van der Waals surface area (Å²) in [6.07, 6.45) is 5.62. The molecule has 2 aliphatic rings. The van der Waals surface area contributed by atoms with Gasteiger partial charge in [0.15, 0.2) is 0 Å². The maximum Gasteiger partial charge on any atom is 0.274 e. The fourth-order valence-corrected chi connectivity index (χ4v) is 4.84. The molecule has 4 heterocycles. The predicted octanol–water partition coefficient (Wildman–Crippen LogP) is 2.63. The van der Waals surface area contributed by atoms with Gasteiger partial charge in [0, 0.05) is 69.0 Å². The molecule has 5 rings (SSSR count). The number of piperidine rings is 1. The summed E-state index contributed by atoms with van der Waals surface area (Å²) < 4.78 is 1.93. The molecule has 2 aromatic heterocycles. The van der Waals surface area contributed by atoms with Crippen LogP contribution in [0.4, 0.5) is 5.69 Å². The molecule has 0 aliphatic carbocycles. The maximum absolute atomic E-state index is 13.4. The van der Waals surface area contributed by atoms with Crippen LogP contribution in [0.5, 0.6) is 0 Å². The second-order valence-electron chi connectivity index (χ2n) is 8.63. The van der Waals surface area contributed by atoms with Crippen LogP contribution in [0.15, 0.2) is 59.8 Å². The van der Waals surface area contributed by atoms with E-state index in [0.29, 0.717) is 25.3 Å². The van der Waals surface area contributed by atoms with Crippen LogP contribution in [0, 0.1) is 5.92 Å². The Morgan fingerprint density at radius 2 is 1.84 bits per heavy atom. The molecule has 7 heteroatoms. The third-order valence-corrected chi connectivity index (χ3v) is 6.37. The van der Waals surface area contributed by atoms with E-state index in [9.17, 15) is 9.59 Å². The van der Waals surface area contributed by atoms with Crippen molar-refractivity contribution >= 4 is 11.6 Å². The smallest absolute Gasteiger partial charge is 0.274 e. The van der Waals surface area contributed by atoms with Crippen LogP contribution >= 0.6 is 0 Å². The number of nitrogens with zero attached hydrogens (tertiary/aromatic N) is 5. The molecule has 0 saturated carbocycles. The van der Waals surface area contributed by atoms with Gasteiger partial charge in [-0.3, -0.25) is 14.6 Å². The molecule has 158 valence electrons. The predicted molar refractivity (Wildman–Crippen MR) is 119 cm³/mol. The van der Waals surface area contributed by atoms with Crippen LogP contribution in [0.2, 0.25) is 0 Å². The van der Waals surface area contributed by atoms with Crippen LogP contribution in [-0.4, -0.2) is 52.5 Å². The summed E-state index contributed by atoms with van der Waals surface area (Å²) in [4.78, 5) is 38.3. The van der Waals surface area contributed by atoms with Crippen LogP contribution < -0.4 is 10.5 Å². The van der Waals surface area contributed by atoms with Crippen molar-refractivity contribution in [1.82, 2.24) is 19.4 Å². The first-order valence-electron chi connectivity index (χ1n) is 10.6. The number of hydrogen-bond acceptors (Lipinski definition) is 5. The van der Waals surface area contributed by atoms with E-state index in [-0.39, 0.29) is 23.3 Å². The van der Waals surface area contributed by atoms with Crippen molar-refractivity contribution in [3.05, 3.63) is 76.7 Å². The van der Waals surface area contributed by atoms with Crippen molar-refractivity contribution in [2.24, 2.45) is 5.92 Å². The van der Waals surface area contributed by atoms with Gasteiger partial charge in [0.05, 0.1) is 6.20 Å². The average Bonchev–Trinajstić information content (AvgIpc) is 2.80. The van der Waals surface area contributed by atoms with E-state index in [0.717, 1.165) is 28.9 Å². The van der Waals surface area contributed by atoms with Gasteiger partial charge in [0.2, 0.25) is 0 Å². The topological polar surface area (TPSA) is 71.3 Å². The fourth-order valence-electron chi connectivity index (χ4n) is 4.84. The van der Waals surface area contributed by atoms with Crippen molar-refractivity contribution in [2.45, 2.75) is 18.9 Å². The fraction of sp³-hybridized carbons (Fsp3) is 0.333. The first-order chi connectivity index (χ1) is 15.0. The van der Waals surface area contributed by atoms with Crippen molar-refractivity contribution < 1.29 is 4.79 Å². The van der Waals surface area contributed by atoms with E-state index >= 15 is 0 Å². The van der Waals surface area contributed by atoms with Gasteiger partial charge >= 0.3 is 0 Å². The van der Waals surface area contributed by atoms with Gasteiger partial charge in [-0.2, -0.15) is 0 Å². The Hall–Kier alpha value is -3.48. The number of amides is 1. The average molecular weight is 415 g/mol. The highest BCUT2D eigenvalue weighted by molar-refractivity contribution is 5.92. The zero-order valence-corrected chi connectivity index (χ0v) is 17.7. The van der Waals surface area contributed by atoms with E-state index in [4.69, 9.17) is 0 Å². The minimum atomic E-state index is -0.0869. The minimum absolute atomic E-state index is 0.0542. The zero-order chi connectivity index (χ0) is 21.5. The lowest BCUT2D eigenvalue weighted by Gasteiger charge is -2.42. The molecule has 1 aromatic carbocycles. The summed E-state index contributed by atoms with van der Waals surface area (Å²) in [6.45, 7) is 1.88. The Labute approximate surface area is 181 Å². The molecular weight excluding hydrogens is 390 g/mol. The Morgan fingerprint density at radius 1 is 1.03 bits per heavy atom. The SMILES string of the molecule is CN(C)c1ccc(-c2ccc3n(c2=O)C[C@H]2C[C@@H]3CN(C(=O)c3cnccn3)C2)cc1. The van der Waals surface area contributed by atoms with Crippen LogP contribution in [0.25, 0.3) is 11.1 Å². The molecule has 0 radical (unpaired) electrons. The number of hydrogen-bond donors (Lipinski definition) is 0. The highest BCUT2D eigenvalue weighted by Crippen LogP contribution is 2.36. The van der Waals surface area contributed by atoms with Gasteiger partial charge < -0.3 is 14.4 Å². The normalized spacial score (nSPS) is 19.6. The lowest BCUT2D eigenvalue weighted by Crippen LogP contribution is -2.49. The molecule has 2 bridgehead atoms. The molecule has 1 fully saturated rings. The van der Waals surface area contributed by atoms with Crippen LogP contribution in [0.1, 0.15) is 28.5 Å². The molecule has 1 amide bonds. The zero-order valence-electron chi connectivity index (χ0n) is 17.7. The van der Waals surface area contributed by atoms with Crippen molar-refractivity contribution in [1.29, 1.82) is 0 Å². The van der Waals surface area contributed by atoms with E-state index in [1.165, 1.54) is 6.20 Å². The number of aromatic nitrogens is 3. The van der Waals surface area contributed by atoms with Gasteiger partial charge in [-0.1, -0.05) is 12.1 Å². The summed E-state index contributed by atoms with van der Waals surface area (Å²) >= 11 is 0. The largest absolute Gasteiger partial charge is 0.378 e. The standard InChI is InChI=1S/C24H25N5O2/c1-27(2)19-5-3-17(4-6-19)20-7-8-22-18-11-16(14-29(22)23(20)30)13-28(15-18)24(31)21-12-25-9-10-26-21/h3-10,12,16,18H,11,13-15H2,1-2H3/t16-,18+/m0/s1. The molecule has 2 aliphatic heterocycles. The molecule has 7 nitrogen and oxygen atoms in total. The highest BCUT2D eigenvalue weighted by Gasteiger charge is 2.37. The summed E-state index contributed by atoms with van der Waals surface area (Å²) in [5.41, 5.74) is 4.20. The molecule has 3 aromatic rings. The van der Waals surface area contributed by atoms with E-state index < -0.39 is 0 Å². The Kier molecular flexibility index (Phi) is 4.81. The van der Waals surface area contributed by atoms with Gasteiger partial charge in [0.1, 0.15) is 5.69 Å². The van der Waals surface area contributed by atoms with E-state index in [1.807, 2.05) is 58.8 Å². The van der Waals surface area contributed by atoms with Crippen molar-refractivity contribution in [3.63, 3.8) is 0 Å². The van der Waals surface area contributed by atoms with Crippen molar-refractivity contribution in [3.8, 4) is 11.1 Å². The number of carbonyl (C=O) groups is 1. The Morgan fingerprint density at radius 3 is 2.55 bits per heavy atom. The van der Waals surface area contributed by atoms with Crippen LogP contribution in [-0.2, 0) is 6.54 Å². The number of fused-ring (bicyclic) bond motifs is 4. The number of anilines is 1. The number of benzene rings is 1. The van der Waals surface area contributed by atoms with Gasteiger partial charge in [-0.15, -0.1) is 0 Å². The van der Waals surface area contributed by atoms with E-state index in [2.05, 4.69) is 16.0 Å². The summed E-state index contributed by atoms with van der Waals surface area (Å²) in [5, 5.41) is 0. The summed E-state index contributed by atoms with van der Waals surface area (Å²) in [6, 6.07) is 12.1.